The third-order valence-corrected chi connectivity index (χ3v) is 4.61. The van der Waals surface area contributed by atoms with E-state index in [4.69, 9.17) is 0 Å². The summed E-state index contributed by atoms with van der Waals surface area (Å²) in [7, 11) is 2.22. The van der Waals surface area contributed by atoms with E-state index >= 15 is 0 Å². The van der Waals surface area contributed by atoms with E-state index in [0.717, 1.165) is 19.0 Å². The van der Waals surface area contributed by atoms with Gasteiger partial charge in [-0.1, -0.05) is 12.2 Å². The van der Waals surface area contributed by atoms with Crippen molar-refractivity contribution in [2.75, 3.05) is 33.2 Å². The van der Waals surface area contributed by atoms with Crippen molar-refractivity contribution in [1.29, 1.82) is 0 Å². The molecule has 0 aliphatic carbocycles. The first-order valence-electron chi connectivity index (χ1n) is 6.99. The molecule has 0 bridgehead atoms. The van der Waals surface area contributed by atoms with Crippen molar-refractivity contribution in [3.05, 3.63) is 28.2 Å². The fraction of sp³-hybridized carbons (Fsp3) is 0.667. The third-order valence-electron chi connectivity index (χ3n) is 3.69. The van der Waals surface area contributed by atoms with Crippen LogP contribution in [0.25, 0.3) is 0 Å². The van der Waals surface area contributed by atoms with Crippen molar-refractivity contribution in [3.63, 3.8) is 0 Å². The van der Waals surface area contributed by atoms with Gasteiger partial charge in [0.1, 0.15) is 0 Å². The lowest BCUT2D eigenvalue weighted by atomic mass is 10.1. The summed E-state index contributed by atoms with van der Waals surface area (Å²) in [5.41, 5.74) is 4.41. The van der Waals surface area contributed by atoms with Gasteiger partial charge in [-0.3, -0.25) is 4.90 Å². The summed E-state index contributed by atoms with van der Waals surface area (Å²) in [6.45, 7) is 14.0. The standard InChI is InChI=1S/C15H25N3S/c1-12(2)7-18-6-5-14(9-18)8-17(4)10-15-13(3)16-11-19-15/h11,14H,1,5-10H2,2-4H3/t14-/m0/s1. The van der Waals surface area contributed by atoms with Crippen LogP contribution in [0, 0.1) is 12.8 Å². The number of likely N-dealkylation sites (tertiary alicyclic amines) is 1. The molecule has 2 heterocycles. The van der Waals surface area contributed by atoms with Crippen LogP contribution >= 0.6 is 11.3 Å². The highest BCUT2D eigenvalue weighted by Gasteiger charge is 2.23. The predicted molar refractivity (Wildman–Crippen MR) is 82.5 cm³/mol. The van der Waals surface area contributed by atoms with Crippen LogP contribution in [0.3, 0.4) is 0 Å². The molecule has 3 nitrogen and oxygen atoms in total. The highest BCUT2D eigenvalue weighted by atomic mass is 32.1. The molecule has 1 saturated heterocycles. The van der Waals surface area contributed by atoms with Gasteiger partial charge < -0.3 is 4.90 Å². The van der Waals surface area contributed by atoms with Crippen LogP contribution in [0.1, 0.15) is 23.9 Å². The molecule has 0 N–H and O–H groups in total. The number of thiazole rings is 1. The van der Waals surface area contributed by atoms with Crippen LogP contribution in [0.4, 0.5) is 0 Å². The fourth-order valence-electron chi connectivity index (χ4n) is 2.82. The van der Waals surface area contributed by atoms with Crippen LogP contribution in [-0.4, -0.2) is 48.0 Å². The molecule has 1 aliphatic heterocycles. The van der Waals surface area contributed by atoms with Crippen molar-refractivity contribution < 1.29 is 0 Å². The van der Waals surface area contributed by atoms with E-state index in [0.29, 0.717) is 0 Å². The quantitative estimate of drug-likeness (QED) is 0.747. The predicted octanol–water partition coefficient (Wildman–Crippen LogP) is 2.78. The number of hydrogen-bond acceptors (Lipinski definition) is 4. The summed E-state index contributed by atoms with van der Waals surface area (Å²) in [4.78, 5) is 10.7. The number of hydrogen-bond donors (Lipinski definition) is 0. The zero-order valence-corrected chi connectivity index (χ0v) is 13.2. The summed E-state index contributed by atoms with van der Waals surface area (Å²) in [6, 6.07) is 0. The zero-order valence-electron chi connectivity index (χ0n) is 12.4. The number of rotatable bonds is 6. The number of nitrogens with zero attached hydrogens (tertiary/aromatic N) is 3. The van der Waals surface area contributed by atoms with Crippen molar-refractivity contribution in [3.8, 4) is 0 Å². The Kier molecular flexibility index (Phi) is 5.13. The van der Waals surface area contributed by atoms with Crippen molar-refractivity contribution in [2.24, 2.45) is 5.92 Å². The minimum atomic E-state index is 0.803. The second-order valence-electron chi connectivity index (χ2n) is 5.90. The summed E-state index contributed by atoms with van der Waals surface area (Å²) in [6.07, 6.45) is 1.32. The molecule has 1 atom stereocenters. The van der Waals surface area contributed by atoms with Crippen LogP contribution in [0.15, 0.2) is 17.7 Å². The Hall–Kier alpha value is -0.710. The van der Waals surface area contributed by atoms with Crippen molar-refractivity contribution in [1.82, 2.24) is 14.8 Å². The van der Waals surface area contributed by atoms with Gasteiger partial charge in [-0.15, -0.1) is 11.3 Å². The maximum Gasteiger partial charge on any atom is 0.0798 e. The van der Waals surface area contributed by atoms with Crippen LogP contribution in [0.2, 0.25) is 0 Å². The molecule has 19 heavy (non-hydrogen) atoms. The smallest absolute Gasteiger partial charge is 0.0798 e. The lowest BCUT2D eigenvalue weighted by Crippen LogP contribution is -2.28. The van der Waals surface area contributed by atoms with E-state index in [1.165, 1.54) is 42.2 Å². The topological polar surface area (TPSA) is 19.4 Å². The van der Waals surface area contributed by atoms with Gasteiger partial charge in [-0.2, -0.15) is 0 Å². The monoisotopic (exact) mass is 279 g/mol. The minimum absolute atomic E-state index is 0.803. The zero-order chi connectivity index (χ0) is 13.8. The highest BCUT2D eigenvalue weighted by molar-refractivity contribution is 7.09. The normalized spacial score (nSPS) is 20.3. The van der Waals surface area contributed by atoms with Gasteiger partial charge in [0, 0.05) is 31.1 Å². The Labute approximate surface area is 120 Å². The maximum atomic E-state index is 4.32. The van der Waals surface area contributed by atoms with Gasteiger partial charge in [0.15, 0.2) is 0 Å². The van der Waals surface area contributed by atoms with E-state index in [1.54, 1.807) is 11.3 Å². The molecule has 0 aromatic carbocycles. The number of aryl methyl sites for hydroxylation is 1. The molecule has 0 unspecified atom stereocenters. The molecular weight excluding hydrogens is 254 g/mol. The fourth-order valence-corrected chi connectivity index (χ4v) is 3.67. The SMILES string of the molecule is C=C(C)CN1CC[C@@H](CN(C)Cc2scnc2C)C1. The van der Waals surface area contributed by atoms with Crippen LogP contribution in [-0.2, 0) is 6.54 Å². The lowest BCUT2D eigenvalue weighted by Gasteiger charge is -2.21. The van der Waals surface area contributed by atoms with Gasteiger partial charge in [-0.25, -0.2) is 4.98 Å². The number of aromatic nitrogens is 1. The van der Waals surface area contributed by atoms with E-state index < -0.39 is 0 Å². The van der Waals surface area contributed by atoms with E-state index in [-0.39, 0.29) is 0 Å². The Balaban J connectivity index is 1.76. The summed E-state index contributed by atoms with van der Waals surface area (Å²) in [5, 5.41) is 0. The molecule has 1 aromatic rings. The molecule has 1 aromatic heterocycles. The second-order valence-corrected chi connectivity index (χ2v) is 6.84. The Morgan fingerprint density at radius 1 is 1.63 bits per heavy atom. The van der Waals surface area contributed by atoms with Gasteiger partial charge in [0.05, 0.1) is 11.2 Å². The first-order valence-corrected chi connectivity index (χ1v) is 7.87. The van der Waals surface area contributed by atoms with E-state index in [1.807, 2.05) is 5.51 Å². The van der Waals surface area contributed by atoms with Crippen LogP contribution in [0.5, 0.6) is 0 Å². The molecule has 0 saturated carbocycles. The molecule has 4 heteroatoms. The Morgan fingerprint density at radius 2 is 2.42 bits per heavy atom. The van der Waals surface area contributed by atoms with E-state index in [9.17, 15) is 0 Å². The van der Waals surface area contributed by atoms with Crippen LogP contribution < -0.4 is 0 Å². The van der Waals surface area contributed by atoms with Crippen molar-refractivity contribution >= 4 is 11.3 Å². The molecule has 106 valence electrons. The molecule has 1 aliphatic rings. The maximum absolute atomic E-state index is 4.32. The molecule has 0 spiro atoms. The van der Waals surface area contributed by atoms with Gasteiger partial charge >= 0.3 is 0 Å². The molecule has 2 rings (SSSR count). The summed E-state index contributed by atoms with van der Waals surface area (Å²) >= 11 is 1.77. The summed E-state index contributed by atoms with van der Waals surface area (Å²) < 4.78 is 0. The second kappa shape index (κ2) is 6.64. The highest BCUT2D eigenvalue weighted by Crippen LogP contribution is 2.20. The summed E-state index contributed by atoms with van der Waals surface area (Å²) in [5.74, 6) is 0.803. The Morgan fingerprint density at radius 3 is 3.05 bits per heavy atom. The molecule has 1 fully saturated rings. The molecular formula is C15H25N3S. The molecule has 0 radical (unpaired) electrons. The van der Waals surface area contributed by atoms with Gasteiger partial charge in [0.25, 0.3) is 0 Å². The first-order chi connectivity index (χ1) is 9.04. The van der Waals surface area contributed by atoms with Gasteiger partial charge in [-0.05, 0) is 39.8 Å². The average molecular weight is 279 g/mol. The first kappa shape index (κ1) is 14.7. The van der Waals surface area contributed by atoms with E-state index in [2.05, 4.69) is 42.3 Å². The molecule has 0 amide bonds. The van der Waals surface area contributed by atoms with Gasteiger partial charge in [0.2, 0.25) is 0 Å². The van der Waals surface area contributed by atoms with Crippen molar-refractivity contribution in [2.45, 2.75) is 26.8 Å². The minimum Gasteiger partial charge on any atom is -0.301 e. The Bertz CT molecular complexity index is 427. The lowest BCUT2D eigenvalue weighted by molar-refractivity contribution is 0.263. The third kappa shape index (κ3) is 4.41. The average Bonchev–Trinajstić information content (AvgIpc) is 2.89. The largest absolute Gasteiger partial charge is 0.301 e.